The lowest BCUT2D eigenvalue weighted by molar-refractivity contribution is 0.233. The van der Waals surface area contributed by atoms with Gasteiger partial charge < -0.3 is 11.1 Å². The van der Waals surface area contributed by atoms with Crippen LogP contribution in [-0.4, -0.2) is 25.3 Å². The van der Waals surface area contributed by atoms with E-state index in [-0.39, 0.29) is 6.04 Å². The highest BCUT2D eigenvalue weighted by atomic mass is 19.1. The quantitative estimate of drug-likeness (QED) is 0.456. The molecular weight excluding hydrogens is 107 g/mol. The van der Waals surface area contributed by atoms with Crippen molar-refractivity contribution in [1.82, 2.24) is 5.32 Å². The second-order valence-corrected chi connectivity index (χ2v) is 2.17. The van der Waals surface area contributed by atoms with Gasteiger partial charge in [-0.05, 0) is 13.0 Å². The van der Waals surface area contributed by atoms with E-state index < -0.39 is 6.17 Å². The summed E-state index contributed by atoms with van der Waals surface area (Å²) in [6, 6.07) is -0.226. The van der Waals surface area contributed by atoms with Gasteiger partial charge in [-0.3, -0.25) is 0 Å². The topological polar surface area (TPSA) is 38.0 Å². The summed E-state index contributed by atoms with van der Waals surface area (Å²) in [4.78, 5) is 0. The maximum atomic E-state index is 12.4. The number of alkyl halides is 1. The molecule has 0 spiro atoms. The fraction of sp³-hybridized carbons (Fsp3) is 1.00. The largest absolute Gasteiger partial charge is 0.325 e. The van der Waals surface area contributed by atoms with Gasteiger partial charge in [0.15, 0.2) is 0 Å². The molecule has 1 fully saturated rings. The molecule has 1 aliphatic rings. The van der Waals surface area contributed by atoms with Crippen molar-refractivity contribution in [3.8, 4) is 0 Å². The number of piperidine rings is 1. The molecule has 0 aromatic rings. The Kier molecular flexibility index (Phi) is 1.81. The van der Waals surface area contributed by atoms with Crippen LogP contribution in [-0.2, 0) is 0 Å². The zero-order valence-corrected chi connectivity index (χ0v) is 4.73. The van der Waals surface area contributed by atoms with Crippen LogP contribution in [0, 0.1) is 0 Å². The molecule has 1 rings (SSSR count). The number of rotatable bonds is 0. The van der Waals surface area contributed by atoms with Crippen molar-refractivity contribution in [3.63, 3.8) is 0 Å². The molecule has 1 heterocycles. The van der Waals surface area contributed by atoms with Crippen LogP contribution in [0.15, 0.2) is 0 Å². The fourth-order valence-corrected chi connectivity index (χ4v) is 0.841. The zero-order chi connectivity index (χ0) is 5.98. The standard InChI is InChI=1S/C5H11FN2/c6-4-3-8-2-1-5(4)7/h4-5,8H,1-3,7H2/t4-,5?/m1/s1. The highest BCUT2D eigenvalue weighted by Gasteiger charge is 2.19. The molecular formula is C5H11FN2. The molecule has 0 bridgehead atoms. The first-order chi connectivity index (χ1) is 3.80. The van der Waals surface area contributed by atoms with E-state index >= 15 is 0 Å². The lowest BCUT2D eigenvalue weighted by Gasteiger charge is -2.22. The smallest absolute Gasteiger partial charge is 0.128 e. The van der Waals surface area contributed by atoms with Gasteiger partial charge in [0.1, 0.15) is 6.17 Å². The summed E-state index contributed by atoms with van der Waals surface area (Å²) in [5, 5.41) is 2.91. The van der Waals surface area contributed by atoms with Gasteiger partial charge in [-0.15, -0.1) is 0 Å². The third-order valence-electron chi connectivity index (χ3n) is 1.46. The predicted octanol–water partition coefficient (Wildman–Crippen LogP) is -0.355. The summed E-state index contributed by atoms with van der Waals surface area (Å²) in [6.07, 6.45) is -0.0648. The van der Waals surface area contributed by atoms with Crippen molar-refractivity contribution in [2.75, 3.05) is 13.1 Å². The molecule has 1 aliphatic heterocycles. The monoisotopic (exact) mass is 118 g/mol. The van der Waals surface area contributed by atoms with Crippen molar-refractivity contribution < 1.29 is 4.39 Å². The Morgan fingerprint density at radius 3 is 2.75 bits per heavy atom. The Morgan fingerprint density at radius 2 is 2.38 bits per heavy atom. The molecule has 3 N–H and O–H groups in total. The Morgan fingerprint density at radius 1 is 1.62 bits per heavy atom. The Balaban J connectivity index is 2.28. The second kappa shape index (κ2) is 2.42. The molecule has 0 saturated carbocycles. The van der Waals surface area contributed by atoms with Gasteiger partial charge in [0.25, 0.3) is 0 Å². The van der Waals surface area contributed by atoms with Crippen LogP contribution in [0.4, 0.5) is 4.39 Å². The van der Waals surface area contributed by atoms with Crippen LogP contribution in [0.2, 0.25) is 0 Å². The van der Waals surface area contributed by atoms with Gasteiger partial charge in [-0.2, -0.15) is 0 Å². The van der Waals surface area contributed by atoms with Crippen LogP contribution in [0.1, 0.15) is 6.42 Å². The van der Waals surface area contributed by atoms with Crippen LogP contribution >= 0.6 is 0 Å². The average Bonchev–Trinajstić information content (AvgIpc) is 1.77. The maximum Gasteiger partial charge on any atom is 0.128 e. The zero-order valence-electron chi connectivity index (χ0n) is 4.73. The van der Waals surface area contributed by atoms with Gasteiger partial charge in [0.2, 0.25) is 0 Å². The Labute approximate surface area is 48.2 Å². The highest BCUT2D eigenvalue weighted by Crippen LogP contribution is 2.03. The third kappa shape index (κ3) is 1.17. The van der Waals surface area contributed by atoms with E-state index in [2.05, 4.69) is 5.32 Å². The summed E-state index contributed by atoms with van der Waals surface area (Å²) >= 11 is 0. The lowest BCUT2D eigenvalue weighted by Crippen LogP contribution is -2.46. The first kappa shape index (κ1) is 5.98. The molecule has 2 atom stereocenters. The Hall–Kier alpha value is -0.150. The molecule has 0 aromatic carbocycles. The summed E-state index contributed by atoms with van der Waals surface area (Å²) in [5.74, 6) is 0. The molecule has 8 heavy (non-hydrogen) atoms. The first-order valence-corrected chi connectivity index (χ1v) is 2.91. The molecule has 2 nitrogen and oxygen atoms in total. The SMILES string of the molecule is NC1CCNC[C@H]1F. The van der Waals surface area contributed by atoms with Crippen molar-refractivity contribution in [2.24, 2.45) is 5.73 Å². The van der Waals surface area contributed by atoms with Crippen molar-refractivity contribution in [1.29, 1.82) is 0 Å². The van der Waals surface area contributed by atoms with Gasteiger partial charge in [0, 0.05) is 12.6 Å². The first-order valence-electron chi connectivity index (χ1n) is 2.91. The third-order valence-corrected chi connectivity index (χ3v) is 1.46. The van der Waals surface area contributed by atoms with E-state index in [1.807, 2.05) is 0 Å². The van der Waals surface area contributed by atoms with Gasteiger partial charge in [0.05, 0.1) is 0 Å². The Bertz CT molecular complexity index is 66.8. The molecule has 1 unspecified atom stereocenters. The van der Waals surface area contributed by atoms with Crippen LogP contribution < -0.4 is 11.1 Å². The minimum atomic E-state index is -0.830. The molecule has 1 saturated heterocycles. The van der Waals surface area contributed by atoms with Gasteiger partial charge in [-0.1, -0.05) is 0 Å². The summed E-state index contributed by atoms with van der Waals surface area (Å²) in [6.45, 7) is 1.29. The molecule has 48 valence electrons. The molecule has 0 amide bonds. The fourth-order valence-electron chi connectivity index (χ4n) is 0.841. The summed E-state index contributed by atoms with van der Waals surface area (Å²) < 4.78 is 12.4. The minimum Gasteiger partial charge on any atom is -0.325 e. The highest BCUT2D eigenvalue weighted by molar-refractivity contribution is 4.79. The maximum absolute atomic E-state index is 12.4. The lowest BCUT2D eigenvalue weighted by atomic mass is 10.1. The second-order valence-electron chi connectivity index (χ2n) is 2.17. The van der Waals surface area contributed by atoms with E-state index in [4.69, 9.17) is 5.73 Å². The van der Waals surface area contributed by atoms with Gasteiger partial charge in [-0.25, -0.2) is 4.39 Å². The summed E-state index contributed by atoms with van der Waals surface area (Å²) in [5.41, 5.74) is 5.36. The normalized spacial score (nSPS) is 39.8. The number of nitrogens with one attached hydrogen (secondary N) is 1. The molecule has 0 aromatic heterocycles. The van der Waals surface area contributed by atoms with Crippen LogP contribution in [0.5, 0.6) is 0 Å². The van der Waals surface area contributed by atoms with Gasteiger partial charge >= 0.3 is 0 Å². The number of hydrogen-bond acceptors (Lipinski definition) is 2. The average molecular weight is 118 g/mol. The number of halogens is 1. The molecule has 3 heteroatoms. The van der Waals surface area contributed by atoms with Crippen LogP contribution in [0.3, 0.4) is 0 Å². The van der Waals surface area contributed by atoms with Crippen molar-refractivity contribution in [2.45, 2.75) is 18.6 Å². The van der Waals surface area contributed by atoms with Crippen LogP contribution in [0.25, 0.3) is 0 Å². The van der Waals surface area contributed by atoms with Crippen molar-refractivity contribution in [3.05, 3.63) is 0 Å². The molecule has 0 radical (unpaired) electrons. The minimum absolute atomic E-state index is 0.226. The van der Waals surface area contributed by atoms with E-state index in [0.717, 1.165) is 13.0 Å². The van der Waals surface area contributed by atoms with E-state index in [1.54, 1.807) is 0 Å². The number of hydrogen-bond donors (Lipinski definition) is 2. The van der Waals surface area contributed by atoms with Crippen molar-refractivity contribution >= 4 is 0 Å². The molecule has 0 aliphatic carbocycles. The van der Waals surface area contributed by atoms with E-state index in [0.29, 0.717) is 6.54 Å². The summed E-state index contributed by atoms with van der Waals surface area (Å²) in [7, 11) is 0. The number of nitrogens with two attached hydrogens (primary N) is 1. The predicted molar refractivity (Wildman–Crippen MR) is 30.4 cm³/mol. The van der Waals surface area contributed by atoms with E-state index in [9.17, 15) is 4.39 Å². The van der Waals surface area contributed by atoms with E-state index in [1.165, 1.54) is 0 Å².